The number of ketones is 1. The van der Waals surface area contributed by atoms with Crippen LogP contribution >= 0.6 is 0 Å². The molecule has 1 amide bonds. The lowest BCUT2D eigenvalue weighted by atomic mass is 9.89. The second-order valence-corrected chi connectivity index (χ2v) is 7.04. The third-order valence-electron chi connectivity index (χ3n) is 5.12. The Kier molecular flexibility index (Phi) is 6.82. The number of Topliss-reactive ketones (excluding diaryl/α,β-unsaturated/α-hetero) is 1. The fourth-order valence-electron chi connectivity index (χ4n) is 3.52. The Bertz CT molecular complexity index is 862. The first-order chi connectivity index (χ1) is 14.0. The van der Waals surface area contributed by atoms with E-state index in [9.17, 15) is 14.0 Å². The van der Waals surface area contributed by atoms with Crippen LogP contribution in [0.2, 0.25) is 0 Å². The number of benzene rings is 2. The lowest BCUT2D eigenvalue weighted by Crippen LogP contribution is -2.40. The van der Waals surface area contributed by atoms with Gasteiger partial charge in [0.25, 0.3) is 0 Å². The largest absolute Gasteiger partial charge is 0.493 e. The van der Waals surface area contributed by atoms with Gasteiger partial charge in [0.05, 0.1) is 20.8 Å². The lowest BCUT2D eigenvalue weighted by molar-refractivity contribution is -0.117. The van der Waals surface area contributed by atoms with Crippen LogP contribution in [0.25, 0.3) is 0 Å². The van der Waals surface area contributed by atoms with E-state index < -0.39 is 0 Å². The number of piperidine rings is 1. The zero-order chi connectivity index (χ0) is 20.8. The SMILES string of the molecule is COc1ccc(NC(=O)CN2CCC(C(=O)c3ccc(F)cc3)CC2)cc1OC. The summed E-state index contributed by atoms with van der Waals surface area (Å²) < 4.78 is 23.5. The van der Waals surface area contributed by atoms with Gasteiger partial charge in [-0.05, 0) is 62.3 Å². The average Bonchev–Trinajstić information content (AvgIpc) is 2.74. The van der Waals surface area contributed by atoms with Gasteiger partial charge < -0.3 is 14.8 Å². The molecule has 0 radical (unpaired) electrons. The summed E-state index contributed by atoms with van der Waals surface area (Å²) in [7, 11) is 3.10. The van der Waals surface area contributed by atoms with Crippen molar-refractivity contribution in [1.29, 1.82) is 0 Å². The Morgan fingerprint density at radius 3 is 2.31 bits per heavy atom. The van der Waals surface area contributed by atoms with Gasteiger partial charge in [-0.15, -0.1) is 0 Å². The van der Waals surface area contributed by atoms with E-state index in [-0.39, 0.29) is 30.0 Å². The van der Waals surface area contributed by atoms with Crippen molar-refractivity contribution in [1.82, 2.24) is 4.90 Å². The second kappa shape index (κ2) is 9.52. The molecule has 1 fully saturated rings. The molecule has 0 aliphatic carbocycles. The van der Waals surface area contributed by atoms with Gasteiger partial charge in [0, 0.05) is 23.2 Å². The number of hydrogen-bond acceptors (Lipinski definition) is 5. The summed E-state index contributed by atoms with van der Waals surface area (Å²) in [6, 6.07) is 10.9. The maximum atomic E-state index is 13.0. The minimum absolute atomic E-state index is 0.0411. The Morgan fingerprint density at radius 2 is 1.69 bits per heavy atom. The monoisotopic (exact) mass is 400 g/mol. The van der Waals surface area contributed by atoms with Crippen molar-refractivity contribution in [2.24, 2.45) is 5.92 Å². The second-order valence-electron chi connectivity index (χ2n) is 7.04. The van der Waals surface area contributed by atoms with E-state index in [1.165, 1.54) is 24.3 Å². The van der Waals surface area contributed by atoms with Gasteiger partial charge in [-0.1, -0.05) is 0 Å². The van der Waals surface area contributed by atoms with E-state index in [0.29, 0.717) is 48.7 Å². The molecule has 154 valence electrons. The molecule has 0 atom stereocenters. The maximum Gasteiger partial charge on any atom is 0.238 e. The normalized spacial score (nSPS) is 15.0. The first kappa shape index (κ1) is 20.8. The molecular formula is C22H25FN2O4. The minimum atomic E-state index is -0.350. The third kappa shape index (κ3) is 5.32. The fourth-order valence-corrected chi connectivity index (χ4v) is 3.52. The molecule has 3 rings (SSSR count). The predicted octanol–water partition coefficient (Wildman–Crippen LogP) is 3.38. The molecule has 29 heavy (non-hydrogen) atoms. The molecule has 1 aliphatic rings. The molecule has 1 aliphatic heterocycles. The Morgan fingerprint density at radius 1 is 1.03 bits per heavy atom. The van der Waals surface area contributed by atoms with Crippen LogP contribution in [0.3, 0.4) is 0 Å². The number of likely N-dealkylation sites (tertiary alicyclic amines) is 1. The van der Waals surface area contributed by atoms with Crippen LogP contribution in [-0.2, 0) is 4.79 Å². The minimum Gasteiger partial charge on any atom is -0.493 e. The summed E-state index contributed by atoms with van der Waals surface area (Å²) in [6.45, 7) is 1.58. The predicted molar refractivity (Wildman–Crippen MR) is 108 cm³/mol. The van der Waals surface area contributed by atoms with Crippen molar-refractivity contribution >= 4 is 17.4 Å². The maximum absolute atomic E-state index is 13.0. The van der Waals surface area contributed by atoms with E-state index >= 15 is 0 Å². The Balaban J connectivity index is 1.49. The molecule has 0 bridgehead atoms. The number of carbonyl (C=O) groups excluding carboxylic acids is 2. The van der Waals surface area contributed by atoms with Crippen molar-refractivity contribution in [2.45, 2.75) is 12.8 Å². The summed E-state index contributed by atoms with van der Waals surface area (Å²) in [5.41, 5.74) is 1.17. The number of methoxy groups -OCH3 is 2. The summed E-state index contributed by atoms with van der Waals surface area (Å²) in [5, 5.41) is 2.86. The topological polar surface area (TPSA) is 67.9 Å². The highest BCUT2D eigenvalue weighted by Gasteiger charge is 2.26. The van der Waals surface area contributed by atoms with Gasteiger partial charge in [-0.3, -0.25) is 14.5 Å². The number of hydrogen-bond donors (Lipinski definition) is 1. The molecule has 2 aromatic carbocycles. The van der Waals surface area contributed by atoms with Gasteiger partial charge in [-0.2, -0.15) is 0 Å². The third-order valence-corrected chi connectivity index (χ3v) is 5.12. The van der Waals surface area contributed by atoms with Gasteiger partial charge in [0.15, 0.2) is 17.3 Å². The van der Waals surface area contributed by atoms with Crippen LogP contribution in [0.15, 0.2) is 42.5 Å². The van der Waals surface area contributed by atoms with Crippen molar-refractivity contribution in [3.63, 3.8) is 0 Å². The quantitative estimate of drug-likeness (QED) is 0.722. The summed E-state index contributed by atoms with van der Waals surface area (Å²) >= 11 is 0. The van der Waals surface area contributed by atoms with E-state index in [2.05, 4.69) is 5.32 Å². The van der Waals surface area contributed by atoms with Crippen molar-refractivity contribution in [3.8, 4) is 11.5 Å². The molecular weight excluding hydrogens is 375 g/mol. The van der Waals surface area contributed by atoms with Crippen LogP contribution in [-0.4, -0.2) is 50.4 Å². The van der Waals surface area contributed by atoms with Crippen LogP contribution in [0.1, 0.15) is 23.2 Å². The number of ether oxygens (including phenoxy) is 2. The van der Waals surface area contributed by atoms with Crippen LogP contribution in [0.5, 0.6) is 11.5 Å². The molecule has 0 spiro atoms. The zero-order valence-corrected chi connectivity index (χ0v) is 16.6. The molecule has 7 heteroatoms. The number of amides is 1. The van der Waals surface area contributed by atoms with Crippen molar-refractivity contribution in [3.05, 3.63) is 53.8 Å². The van der Waals surface area contributed by atoms with E-state index in [4.69, 9.17) is 9.47 Å². The molecule has 6 nitrogen and oxygen atoms in total. The number of carbonyl (C=O) groups is 2. The van der Waals surface area contributed by atoms with Crippen molar-refractivity contribution < 1.29 is 23.5 Å². The van der Waals surface area contributed by atoms with E-state index in [1.54, 1.807) is 32.4 Å². The Labute approximate surface area is 169 Å². The van der Waals surface area contributed by atoms with E-state index in [0.717, 1.165) is 0 Å². The highest BCUT2D eigenvalue weighted by atomic mass is 19.1. The zero-order valence-electron chi connectivity index (χ0n) is 16.6. The fraction of sp³-hybridized carbons (Fsp3) is 0.364. The number of anilines is 1. The molecule has 1 saturated heterocycles. The highest BCUT2D eigenvalue weighted by Crippen LogP contribution is 2.29. The van der Waals surface area contributed by atoms with Crippen molar-refractivity contribution in [2.75, 3.05) is 39.2 Å². The van der Waals surface area contributed by atoms with Gasteiger partial charge in [-0.25, -0.2) is 4.39 Å². The summed E-state index contributed by atoms with van der Waals surface area (Å²) in [5.74, 6) is 0.617. The average molecular weight is 400 g/mol. The highest BCUT2D eigenvalue weighted by molar-refractivity contribution is 5.98. The van der Waals surface area contributed by atoms with Gasteiger partial charge in [0.2, 0.25) is 5.91 Å². The van der Waals surface area contributed by atoms with Gasteiger partial charge >= 0.3 is 0 Å². The standard InChI is InChI=1S/C22H25FN2O4/c1-28-19-8-7-18(13-20(19)29-2)24-21(26)14-25-11-9-16(10-12-25)22(27)15-3-5-17(23)6-4-15/h3-8,13,16H,9-12,14H2,1-2H3,(H,24,26). The number of rotatable bonds is 7. The van der Waals surface area contributed by atoms with Crippen LogP contribution < -0.4 is 14.8 Å². The first-order valence-corrected chi connectivity index (χ1v) is 9.54. The number of nitrogens with zero attached hydrogens (tertiary/aromatic N) is 1. The van der Waals surface area contributed by atoms with E-state index in [1.807, 2.05) is 4.90 Å². The summed E-state index contributed by atoms with van der Waals surface area (Å²) in [6.07, 6.45) is 1.36. The van der Waals surface area contributed by atoms with Crippen LogP contribution in [0, 0.1) is 11.7 Å². The number of halogens is 1. The Hall–Kier alpha value is -2.93. The molecule has 0 saturated carbocycles. The molecule has 2 aromatic rings. The summed E-state index contributed by atoms with van der Waals surface area (Å²) in [4.78, 5) is 27.0. The number of nitrogens with one attached hydrogen (secondary N) is 1. The lowest BCUT2D eigenvalue weighted by Gasteiger charge is -2.30. The molecule has 1 N–H and O–H groups in total. The van der Waals surface area contributed by atoms with Gasteiger partial charge in [0.1, 0.15) is 5.82 Å². The van der Waals surface area contributed by atoms with Crippen LogP contribution in [0.4, 0.5) is 10.1 Å². The molecule has 0 unspecified atom stereocenters. The molecule has 0 aromatic heterocycles. The smallest absolute Gasteiger partial charge is 0.238 e. The molecule has 1 heterocycles. The first-order valence-electron chi connectivity index (χ1n) is 9.54.